The van der Waals surface area contributed by atoms with Crippen molar-refractivity contribution >= 4 is 0 Å². The van der Waals surface area contributed by atoms with Crippen LogP contribution in [0, 0.1) is 0 Å². The molecule has 54 valence electrons. The number of nitrogens with zero attached hydrogens (tertiary/aromatic N) is 1. The van der Waals surface area contributed by atoms with E-state index < -0.39 is 0 Å². The molecule has 1 aliphatic rings. The summed E-state index contributed by atoms with van der Waals surface area (Å²) < 4.78 is 0. The van der Waals surface area contributed by atoms with Gasteiger partial charge in [-0.05, 0) is 12.5 Å². The molecule has 0 aromatic heterocycles. The summed E-state index contributed by atoms with van der Waals surface area (Å²) in [6.45, 7) is 2.98. The third-order valence-electron chi connectivity index (χ3n) is 1.34. The molecule has 0 saturated carbocycles. The molecular weight excluding hydrogens is 124 g/mol. The van der Waals surface area contributed by atoms with Gasteiger partial charge in [-0.15, -0.1) is 0 Å². The van der Waals surface area contributed by atoms with E-state index in [-0.39, 0.29) is 0 Å². The second-order valence-electron chi connectivity index (χ2n) is 2.31. The van der Waals surface area contributed by atoms with Crippen LogP contribution in [0.2, 0.25) is 0 Å². The normalized spacial score (nSPS) is 18.1. The van der Waals surface area contributed by atoms with Crippen molar-refractivity contribution in [2.45, 2.75) is 6.92 Å². The molecule has 0 radical (unpaired) electrons. The van der Waals surface area contributed by atoms with Gasteiger partial charge in [-0.25, -0.2) is 0 Å². The van der Waals surface area contributed by atoms with Gasteiger partial charge < -0.3 is 10.6 Å². The summed E-state index contributed by atoms with van der Waals surface area (Å²) in [4.78, 5) is 2.04. The molecule has 10 heavy (non-hydrogen) atoms. The van der Waals surface area contributed by atoms with Gasteiger partial charge in [0.2, 0.25) is 0 Å². The quantitative estimate of drug-likeness (QED) is 0.586. The maximum Gasteiger partial charge on any atom is 0.0404 e. The fourth-order valence-electron chi connectivity index (χ4n) is 0.932. The van der Waals surface area contributed by atoms with Gasteiger partial charge in [-0.2, -0.15) is 0 Å². The molecule has 1 rings (SSSR count). The zero-order valence-corrected chi connectivity index (χ0v) is 6.12. The summed E-state index contributed by atoms with van der Waals surface area (Å²) in [5.74, 6) is 0. The summed E-state index contributed by atoms with van der Waals surface area (Å²) >= 11 is 0. The van der Waals surface area contributed by atoms with E-state index in [1.807, 2.05) is 11.1 Å². The van der Waals surface area contributed by atoms with Crippen LogP contribution >= 0.6 is 0 Å². The van der Waals surface area contributed by atoms with E-state index in [0.717, 1.165) is 6.54 Å². The Balaban J connectivity index is 2.59. The fourth-order valence-corrected chi connectivity index (χ4v) is 0.932. The highest BCUT2D eigenvalue weighted by atomic mass is 15.1. The summed E-state index contributed by atoms with van der Waals surface area (Å²) in [7, 11) is 0. The fraction of sp³-hybridized carbons (Fsp3) is 0.250. The molecule has 2 N–H and O–H groups in total. The Morgan fingerprint density at radius 3 is 3.10 bits per heavy atom. The molecule has 0 amide bonds. The van der Waals surface area contributed by atoms with Gasteiger partial charge in [0, 0.05) is 25.1 Å². The Bertz CT molecular complexity index is 189. The van der Waals surface area contributed by atoms with E-state index in [2.05, 4.69) is 25.3 Å². The molecule has 0 aromatic carbocycles. The minimum Gasteiger partial charge on any atom is -0.403 e. The lowest BCUT2D eigenvalue weighted by atomic mass is 10.2. The number of rotatable bonds is 1. The number of nitrogens with two attached hydrogens (primary N) is 1. The van der Waals surface area contributed by atoms with Gasteiger partial charge >= 0.3 is 0 Å². The molecule has 2 nitrogen and oxygen atoms in total. The van der Waals surface area contributed by atoms with Crippen LogP contribution in [0.25, 0.3) is 0 Å². The molecular formula is C8H12N2. The van der Waals surface area contributed by atoms with E-state index in [1.54, 1.807) is 6.20 Å². The lowest BCUT2D eigenvalue weighted by Gasteiger charge is -2.16. The third kappa shape index (κ3) is 1.65. The predicted octanol–water partition coefficient (Wildman–Crippen LogP) is 1.19. The second-order valence-corrected chi connectivity index (χ2v) is 2.31. The Morgan fingerprint density at radius 2 is 2.50 bits per heavy atom. The molecule has 0 aromatic rings. The maximum atomic E-state index is 5.23. The van der Waals surface area contributed by atoms with E-state index in [1.165, 1.54) is 5.57 Å². The molecule has 1 heterocycles. The van der Waals surface area contributed by atoms with E-state index in [9.17, 15) is 0 Å². The van der Waals surface area contributed by atoms with Crippen molar-refractivity contribution < 1.29 is 0 Å². The average Bonchev–Trinajstić information content (AvgIpc) is 1.88. The Kier molecular flexibility index (Phi) is 2.15. The second kappa shape index (κ2) is 3.11. The van der Waals surface area contributed by atoms with Gasteiger partial charge in [-0.3, -0.25) is 0 Å². The lowest BCUT2D eigenvalue weighted by molar-refractivity contribution is 0.553. The molecule has 1 aliphatic heterocycles. The summed E-state index contributed by atoms with van der Waals surface area (Å²) in [5, 5.41) is 0. The first kappa shape index (κ1) is 6.93. The van der Waals surface area contributed by atoms with Gasteiger partial charge in [0.05, 0.1) is 0 Å². The highest BCUT2D eigenvalue weighted by molar-refractivity contribution is 5.20. The Morgan fingerprint density at radius 1 is 1.70 bits per heavy atom. The maximum absolute atomic E-state index is 5.23. The zero-order valence-electron chi connectivity index (χ0n) is 6.12. The lowest BCUT2D eigenvalue weighted by Crippen LogP contribution is -2.13. The van der Waals surface area contributed by atoms with Gasteiger partial charge in [0.15, 0.2) is 0 Å². The molecule has 0 spiro atoms. The molecule has 0 aliphatic carbocycles. The van der Waals surface area contributed by atoms with E-state index in [0.29, 0.717) is 0 Å². The van der Waals surface area contributed by atoms with Gasteiger partial charge in [0.1, 0.15) is 0 Å². The summed E-state index contributed by atoms with van der Waals surface area (Å²) in [6, 6.07) is 0. The standard InChI is InChI=1S/C8H12N2/c1-8-3-2-5-10(7-8)6-4-9/h2-4,6-7H,5,9H2,1H3/b6-4-. The predicted molar refractivity (Wildman–Crippen MR) is 42.9 cm³/mol. The molecule has 0 fully saturated rings. The van der Waals surface area contributed by atoms with Crippen molar-refractivity contribution in [2.75, 3.05) is 6.54 Å². The van der Waals surface area contributed by atoms with E-state index >= 15 is 0 Å². The highest BCUT2D eigenvalue weighted by Crippen LogP contribution is 2.05. The van der Waals surface area contributed by atoms with Crippen LogP contribution in [0.5, 0.6) is 0 Å². The van der Waals surface area contributed by atoms with Crippen LogP contribution in [0.1, 0.15) is 6.92 Å². The van der Waals surface area contributed by atoms with Crippen LogP contribution < -0.4 is 5.73 Å². The van der Waals surface area contributed by atoms with Crippen molar-refractivity contribution in [3.05, 3.63) is 36.3 Å². The summed E-state index contributed by atoms with van der Waals surface area (Å²) in [5.41, 5.74) is 6.48. The molecule has 0 bridgehead atoms. The molecule has 0 saturated heterocycles. The number of hydrogen-bond acceptors (Lipinski definition) is 2. The first-order valence-electron chi connectivity index (χ1n) is 3.32. The van der Waals surface area contributed by atoms with Crippen molar-refractivity contribution in [3.63, 3.8) is 0 Å². The van der Waals surface area contributed by atoms with Crippen molar-refractivity contribution in [2.24, 2.45) is 5.73 Å². The number of allylic oxidation sites excluding steroid dienone is 2. The van der Waals surface area contributed by atoms with Crippen LogP contribution in [0.4, 0.5) is 0 Å². The van der Waals surface area contributed by atoms with Crippen LogP contribution in [-0.2, 0) is 0 Å². The van der Waals surface area contributed by atoms with Crippen molar-refractivity contribution in [1.29, 1.82) is 0 Å². The van der Waals surface area contributed by atoms with Crippen LogP contribution in [0.3, 0.4) is 0 Å². The Labute approximate surface area is 61.3 Å². The molecule has 0 unspecified atom stereocenters. The van der Waals surface area contributed by atoms with E-state index in [4.69, 9.17) is 5.73 Å². The first-order chi connectivity index (χ1) is 4.83. The van der Waals surface area contributed by atoms with Crippen molar-refractivity contribution in [3.8, 4) is 0 Å². The first-order valence-corrected chi connectivity index (χ1v) is 3.32. The largest absolute Gasteiger partial charge is 0.403 e. The van der Waals surface area contributed by atoms with Gasteiger partial charge in [-0.1, -0.05) is 12.2 Å². The molecule has 0 atom stereocenters. The third-order valence-corrected chi connectivity index (χ3v) is 1.34. The highest BCUT2D eigenvalue weighted by Gasteiger charge is 1.96. The summed E-state index contributed by atoms with van der Waals surface area (Å²) in [6.07, 6.45) is 9.66. The van der Waals surface area contributed by atoms with Gasteiger partial charge in [0.25, 0.3) is 0 Å². The average molecular weight is 136 g/mol. The topological polar surface area (TPSA) is 29.3 Å². The minimum atomic E-state index is 0.922. The zero-order chi connectivity index (χ0) is 7.40. The van der Waals surface area contributed by atoms with Crippen LogP contribution in [-0.4, -0.2) is 11.4 Å². The monoisotopic (exact) mass is 136 g/mol. The minimum absolute atomic E-state index is 0.922. The number of hydrogen-bond donors (Lipinski definition) is 1. The smallest absolute Gasteiger partial charge is 0.0404 e. The Hall–Kier alpha value is -1.18. The van der Waals surface area contributed by atoms with Crippen LogP contribution in [0.15, 0.2) is 36.3 Å². The SMILES string of the molecule is CC1=CN(/C=C\N)CC=C1. The molecule has 2 heteroatoms. The van der Waals surface area contributed by atoms with Crippen molar-refractivity contribution in [1.82, 2.24) is 4.90 Å².